The SMILES string of the molecule is CCCCCCCCCCCNC(C)O. The lowest BCUT2D eigenvalue weighted by Gasteiger charge is -2.06. The first-order valence-corrected chi connectivity index (χ1v) is 6.68. The lowest BCUT2D eigenvalue weighted by molar-refractivity contribution is 0.156. The van der Waals surface area contributed by atoms with Crippen LogP contribution in [0.25, 0.3) is 0 Å². The van der Waals surface area contributed by atoms with E-state index >= 15 is 0 Å². The molecule has 0 aromatic rings. The minimum absolute atomic E-state index is 0.348. The van der Waals surface area contributed by atoms with Crippen LogP contribution in [0.15, 0.2) is 0 Å². The molecule has 0 aliphatic carbocycles. The number of aliphatic hydroxyl groups is 1. The largest absolute Gasteiger partial charge is 0.379 e. The minimum atomic E-state index is -0.348. The summed E-state index contributed by atoms with van der Waals surface area (Å²) < 4.78 is 0. The number of nitrogens with one attached hydrogen (secondary N) is 1. The molecule has 1 unspecified atom stereocenters. The Morgan fingerprint density at radius 1 is 0.867 bits per heavy atom. The van der Waals surface area contributed by atoms with Gasteiger partial charge in [0.25, 0.3) is 0 Å². The molecule has 2 N–H and O–H groups in total. The first-order valence-electron chi connectivity index (χ1n) is 6.68. The Hall–Kier alpha value is -0.0800. The van der Waals surface area contributed by atoms with Gasteiger partial charge in [-0.05, 0) is 19.9 Å². The fraction of sp³-hybridized carbons (Fsp3) is 1.00. The average molecular weight is 215 g/mol. The molecule has 0 spiro atoms. The number of hydrogen-bond acceptors (Lipinski definition) is 2. The van der Waals surface area contributed by atoms with Crippen molar-refractivity contribution in [3.8, 4) is 0 Å². The summed E-state index contributed by atoms with van der Waals surface area (Å²) >= 11 is 0. The molecule has 0 fully saturated rings. The highest BCUT2D eigenvalue weighted by atomic mass is 16.3. The topological polar surface area (TPSA) is 32.3 Å². The van der Waals surface area contributed by atoms with Gasteiger partial charge in [-0.3, -0.25) is 5.32 Å². The quantitative estimate of drug-likeness (QED) is 0.409. The first kappa shape index (κ1) is 14.9. The van der Waals surface area contributed by atoms with Gasteiger partial charge >= 0.3 is 0 Å². The molecule has 0 aromatic heterocycles. The molecule has 0 rings (SSSR count). The van der Waals surface area contributed by atoms with Crippen LogP contribution in [0.3, 0.4) is 0 Å². The van der Waals surface area contributed by atoms with Gasteiger partial charge < -0.3 is 5.11 Å². The van der Waals surface area contributed by atoms with Crippen LogP contribution in [0.4, 0.5) is 0 Å². The lowest BCUT2D eigenvalue weighted by atomic mass is 10.1. The Morgan fingerprint density at radius 2 is 1.33 bits per heavy atom. The molecular weight excluding hydrogens is 186 g/mol. The van der Waals surface area contributed by atoms with Gasteiger partial charge in [-0.2, -0.15) is 0 Å². The summed E-state index contributed by atoms with van der Waals surface area (Å²) in [5, 5.41) is 12.0. The van der Waals surface area contributed by atoms with Crippen LogP contribution in [0.1, 0.15) is 71.6 Å². The van der Waals surface area contributed by atoms with Gasteiger partial charge in [0.1, 0.15) is 6.23 Å². The highest BCUT2D eigenvalue weighted by Gasteiger charge is 1.94. The summed E-state index contributed by atoms with van der Waals surface area (Å²) in [6, 6.07) is 0. The second-order valence-electron chi connectivity index (χ2n) is 4.46. The van der Waals surface area contributed by atoms with Gasteiger partial charge in [0.2, 0.25) is 0 Å². The molecule has 0 amide bonds. The maximum atomic E-state index is 8.96. The van der Waals surface area contributed by atoms with Crippen molar-refractivity contribution in [3.63, 3.8) is 0 Å². The van der Waals surface area contributed by atoms with Crippen LogP contribution in [0.5, 0.6) is 0 Å². The predicted molar refractivity (Wildman–Crippen MR) is 66.9 cm³/mol. The van der Waals surface area contributed by atoms with Crippen molar-refractivity contribution in [1.82, 2.24) is 5.32 Å². The fourth-order valence-electron chi connectivity index (χ4n) is 1.75. The van der Waals surface area contributed by atoms with Crippen LogP contribution in [-0.4, -0.2) is 17.9 Å². The van der Waals surface area contributed by atoms with Crippen molar-refractivity contribution in [3.05, 3.63) is 0 Å². The van der Waals surface area contributed by atoms with E-state index in [1.165, 1.54) is 57.8 Å². The predicted octanol–water partition coefficient (Wildman–Crippen LogP) is 3.45. The number of aliphatic hydroxyl groups excluding tert-OH is 1. The minimum Gasteiger partial charge on any atom is -0.379 e. The summed E-state index contributed by atoms with van der Waals surface area (Å²) in [4.78, 5) is 0. The van der Waals surface area contributed by atoms with Crippen LogP contribution >= 0.6 is 0 Å². The summed E-state index contributed by atoms with van der Waals surface area (Å²) in [5.74, 6) is 0. The third kappa shape index (κ3) is 13.9. The summed E-state index contributed by atoms with van der Waals surface area (Å²) in [6.45, 7) is 4.98. The molecular formula is C13H29NO. The molecule has 92 valence electrons. The molecule has 0 saturated carbocycles. The Labute approximate surface area is 95.5 Å². The zero-order valence-electron chi connectivity index (χ0n) is 10.6. The molecule has 0 aliphatic rings. The highest BCUT2D eigenvalue weighted by Crippen LogP contribution is 2.09. The zero-order chi connectivity index (χ0) is 11.4. The van der Waals surface area contributed by atoms with E-state index in [9.17, 15) is 0 Å². The van der Waals surface area contributed by atoms with E-state index in [1.807, 2.05) is 0 Å². The van der Waals surface area contributed by atoms with Crippen molar-refractivity contribution >= 4 is 0 Å². The Morgan fingerprint density at radius 3 is 1.80 bits per heavy atom. The maximum Gasteiger partial charge on any atom is 0.102 e. The smallest absolute Gasteiger partial charge is 0.102 e. The molecule has 2 heteroatoms. The van der Waals surface area contributed by atoms with Gasteiger partial charge in [0, 0.05) is 0 Å². The van der Waals surface area contributed by atoms with E-state index < -0.39 is 0 Å². The zero-order valence-corrected chi connectivity index (χ0v) is 10.6. The fourth-order valence-corrected chi connectivity index (χ4v) is 1.75. The monoisotopic (exact) mass is 215 g/mol. The number of hydrogen-bond donors (Lipinski definition) is 2. The van der Waals surface area contributed by atoms with Crippen molar-refractivity contribution < 1.29 is 5.11 Å². The van der Waals surface area contributed by atoms with Gasteiger partial charge in [-0.15, -0.1) is 0 Å². The van der Waals surface area contributed by atoms with Crippen molar-refractivity contribution in [2.24, 2.45) is 0 Å². The van der Waals surface area contributed by atoms with E-state index in [2.05, 4.69) is 12.2 Å². The molecule has 0 bridgehead atoms. The van der Waals surface area contributed by atoms with Gasteiger partial charge in [0.15, 0.2) is 0 Å². The third-order valence-electron chi connectivity index (χ3n) is 2.72. The Bertz CT molecular complexity index is 115. The van der Waals surface area contributed by atoms with Crippen molar-refractivity contribution in [2.75, 3.05) is 6.54 Å². The molecule has 0 saturated heterocycles. The van der Waals surface area contributed by atoms with Crippen molar-refractivity contribution in [1.29, 1.82) is 0 Å². The first-order chi connectivity index (χ1) is 7.27. The van der Waals surface area contributed by atoms with Gasteiger partial charge in [0.05, 0.1) is 0 Å². The van der Waals surface area contributed by atoms with E-state index in [0.717, 1.165) is 6.54 Å². The molecule has 0 aliphatic heterocycles. The van der Waals surface area contributed by atoms with E-state index in [4.69, 9.17) is 5.11 Å². The lowest BCUT2D eigenvalue weighted by Crippen LogP contribution is -2.26. The summed E-state index contributed by atoms with van der Waals surface area (Å²) in [6.07, 6.45) is 11.9. The highest BCUT2D eigenvalue weighted by molar-refractivity contribution is 4.50. The summed E-state index contributed by atoms with van der Waals surface area (Å²) in [5.41, 5.74) is 0. The van der Waals surface area contributed by atoms with Crippen molar-refractivity contribution in [2.45, 2.75) is 77.9 Å². The van der Waals surface area contributed by atoms with Crippen LogP contribution in [0, 0.1) is 0 Å². The van der Waals surface area contributed by atoms with E-state index in [-0.39, 0.29) is 6.23 Å². The van der Waals surface area contributed by atoms with Gasteiger partial charge in [-0.25, -0.2) is 0 Å². The Kier molecular flexibility index (Phi) is 11.9. The molecule has 15 heavy (non-hydrogen) atoms. The van der Waals surface area contributed by atoms with E-state index in [1.54, 1.807) is 6.92 Å². The van der Waals surface area contributed by atoms with Crippen LogP contribution in [0.2, 0.25) is 0 Å². The summed E-state index contributed by atoms with van der Waals surface area (Å²) in [7, 11) is 0. The standard InChI is InChI=1S/C13H29NO/c1-3-4-5-6-7-8-9-10-11-12-14-13(2)15/h13-15H,3-12H2,1-2H3. The van der Waals surface area contributed by atoms with Crippen LogP contribution < -0.4 is 5.32 Å². The number of rotatable bonds is 11. The number of unbranched alkanes of at least 4 members (excludes halogenated alkanes) is 8. The van der Waals surface area contributed by atoms with E-state index in [0.29, 0.717) is 0 Å². The second-order valence-corrected chi connectivity index (χ2v) is 4.46. The maximum absolute atomic E-state index is 8.96. The third-order valence-corrected chi connectivity index (χ3v) is 2.72. The molecule has 0 radical (unpaired) electrons. The molecule has 1 atom stereocenters. The van der Waals surface area contributed by atoms with Crippen LogP contribution in [-0.2, 0) is 0 Å². The normalized spacial score (nSPS) is 13.0. The Balaban J connectivity index is 2.87. The van der Waals surface area contributed by atoms with Gasteiger partial charge in [-0.1, -0.05) is 58.3 Å². The molecule has 2 nitrogen and oxygen atoms in total. The molecule has 0 heterocycles. The second kappa shape index (κ2) is 12.0. The average Bonchev–Trinajstić information content (AvgIpc) is 2.20. The molecule has 0 aromatic carbocycles.